The Morgan fingerprint density at radius 2 is 1.96 bits per heavy atom. The van der Waals surface area contributed by atoms with Gasteiger partial charge in [-0.25, -0.2) is 9.78 Å². The van der Waals surface area contributed by atoms with Crippen LogP contribution < -0.4 is 10.1 Å². The third kappa shape index (κ3) is 5.33. The molecule has 3 aromatic rings. The van der Waals surface area contributed by atoms with E-state index in [0.717, 1.165) is 54.9 Å². The molecular formula is C22H26N2O4. The van der Waals surface area contributed by atoms with Crippen molar-refractivity contribution in [1.82, 2.24) is 10.3 Å². The number of carbonyl (C=O) groups is 1. The highest BCUT2D eigenvalue weighted by Crippen LogP contribution is 2.20. The summed E-state index contributed by atoms with van der Waals surface area (Å²) in [5.41, 5.74) is 1.59. The first-order chi connectivity index (χ1) is 13.4. The zero-order valence-electron chi connectivity index (χ0n) is 16.3. The van der Waals surface area contributed by atoms with Gasteiger partial charge in [-0.3, -0.25) is 0 Å². The molecule has 0 radical (unpaired) electrons. The van der Waals surface area contributed by atoms with Crippen molar-refractivity contribution in [2.45, 2.75) is 38.7 Å². The highest BCUT2D eigenvalue weighted by molar-refractivity contribution is 5.76. The van der Waals surface area contributed by atoms with E-state index in [1.54, 1.807) is 19.9 Å². The molecule has 0 aliphatic heterocycles. The lowest BCUT2D eigenvalue weighted by molar-refractivity contribution is -0.152. The van der Waals surface area contributed by atoms with Gasteiger partial charge in [0.05, 0.1) is 0 Å². The first-order valence-corrected chi connectivity index (χ1v) is 9.50. The smallest absolute Gasteiger partial charge is 0.347 e. The van der Waals surface area contributed by atoms with Crippen molar-refractivity contribution in [3.05, 3.63) is 60.0 Å². The van der Waals surface area contributed by atoms with Crippen LogP contribution in [-0.4, -0.2) is 34.8 Å². The van der Waals surface area contributed by atoms with Crippen molar-refractivity contribution in [1.29, 1.82) is 0 Å². The Bertz CT molecular complexity index is 900. The second-order valence-corrected chi connectivity index (χ2v) is 7.24. The average molecular weight is 382 g/mol. The summed E-state index contributed by atoms with van der Waals surface area (Å²) >= 11 is 0. The Morgan fingerprint density at radius 3 is 2.75 bits per heavy atom. The molecule has 0 saturated heterocycles. The van der Waals surface area contributed by atoms with Crippen LogP contribution in [-0.2, 0) is 17.6 Å². The molecule has 0 atom stereocenters. The molecule has 1 heterocycles. The van der Waals surface area contributed by atoms with Gasteiger partial charge in [0.2, 0.25) is 0 Å². The molecule has 2 N–H and O–H groups in total. The number of benzene rings is 2. The van der Waals surface area contributed by atoms with Crippen molar-refractivity contribution < 1.29 is 19.1 Å². The highest BCUT2D eigenvalue weighted by Gasteiger charge is 2.29. The number of carboxylic acids is 1. The number of oxazole rings is 1. The fourth-order valence-corrected chi connectivity index (χ4v) is 2.85. The molecule has 6 heteroatoms. The molecule has 0 amide bonds. The first kappa shape index (κ1) is 19.9. The number of fused-ring (bicyclic) bond motifs is 1. The molecule has 0 fully saturated rings. The van der Waals surface area contributed by atoms with Gasteiger partial charge in [-0.2, -0.15) is 0 Å². The fourth-order valence-electron chi connectivity index (χ4n) is 2.85. The molecule has 0 bridgehead atoms. The number of rotatable bonds is 10. The highest BCUT2D eigenvalue weighted by atomic mass is 16.5. The van der Waals surface area contributed by atoms with Crippen LogP contribution in [0.3, 0.4) is 0 Å². The SMILES string of the molecule is CC(C)(Oc1cccc(CCNCCCc2nc3ccccc3o2)c1)C(=O)O. The number of aromatic nitrogens is 1. The van der Waals surface area contributed by atoms with E-state index in [2.05, 4.69) is 10.3 Å². The van der Waals surface area contributed by atoms with Crippen molar-refractivity contribution in [3.8, 4) is 5.75 Å². The van der Waals surface area contributed by atoms with Crippen LogP contribution >= 0.6 is 0 Å². The molecule has 0 aliphatic carbocycles. The van der Waals surface area contributed by atoms with E-state index in [9.17, 15) is 9.90 Å². The van der Waals surface area contributed by atoms with Gasteiger partial charge in [0.15, 0.2) is 17.1 Å². The molecule has 3 rings (SSSR count). The van der Waals surface area contributed by atoms with Gasteiger partial charge in [0.1, 0.15) is 11.3 Å². The Labute approximate surface area is 164 Å². The third-order valence-corrected chi connectivity index (χ3v) is 4.46. The summed E-state index contributed by atoms with van der Waals surface area (Å²) in [5.74, 6) is 0.355. The molecule has 6 nitrogen and oxygen atoms in total. The molecule has 148 valence electrons. The molecule has 0 unspecified atom stereocenters. The number of para-hydroxylation sites is 2. The first-order valence-electron chi connectivity index (χ1n) is 9.50. The summed E-state index contributed by atoms with van der Waals surface area (Å²) in [6.45, 7) is 4.79. The Morgan fingerprint density at radius 1 is 1.14 bits per heavy atom. The largest absolute Gasteiger partial charge is 0.478 e. The minimum absolute atomic E-state index is 0.570. The molecule has 1 aromatic heterocycles. The maximum absolute atomic E-state index is 11.2. The summed E-state index contributed by atoms with van der Waals surface area (Å²) in [4.78, 5) is 15.7. The average Bonchev–Trinajstić information content (AvgIpc) is 3.07. The quantitative estimate of drug-likeness (QED) is 0.518. The van der Waals surface area contributed by atoms with Crippen molar-refractivity contribution in [2.75, 3.05) is 13.1 Å². The van der Waals surface area contributed by atoms with Crippen molar-refractivity contribution >= 4 is 17.1 Å². The van der Waals surface area contributed by atoms with Crippen LogP contribution in [0, 0.1) is 0 Å². The van der Waals surface area contributed by atoms with E-state index in [0.29, 0.717) is 5.75 Å². The molecule has 0 saturated carbocycles. The topological polar surface area (TPSA) is 84.6 Å². The molecule has 0 spiro atoms. The van der Waals surface area contributed by atoms with Gasteiger partial charge >= 0.3 is 5.97 Å². The summed E-state index contributed by atoms with van der Waals surface area (Å²) < 4.78 is 11.3. The number of aryl methyl sites for hydroxylation is 1. The maximum atomic E-state index is 11.2. The number of carboxylic acid groups (broad SMARTS) is 1. The zero-order valence-corrected chi connectivity index (χ0v) is 16.3. The standard InChI is InChI=1S/C22H26N2O4/c1-22(2,21(25)26)28-17-8-5-7-16(15-17)12-14-23-13-6-11-20-24-18-9-3-4-10-19(18)27-20/h3-5,7-10,15,23H,6,11-14H2,1-2H3,(H,25,26). The number of nitrogens with zero attached hydrogens (tertiary/aromatic N) is 1. The van der Waals surface area contributed by atoms with Gasteiger partial charge in [0.25, 0.3) is 0 Å². The maximum Gasteiger partial charge on any atom is 0.347 e. The van der Waals surface area contributed by atoms with E-state index in [4.69, 9.17) is 9.15 Å². The van der Waals surface area contributed by atoms with Gasteiger partial charge in [-0.15, -0.1) is 0 Å². The van der Waals surface area contributed by atoms with Gasteiger partial charge in [0, 0.05) is 6.42 Å². The minimum Gasteiger partial charge on any atom is -0.478 e. The number of aliphatic carboxylic acids is 1. The van der Waals surface area contributed by atoms with E-state index in [1.165, 1.54) is 0 Å². The lowest BCUT2D eigenvalue weighted by atomic mass is 10.1. The summed E-state index contributed by atoms with van der Waals surface area (Å²) in [7, 11) is 0. The summed E-state index contributed by atoms with van der Waals surface area (Å²) in [6.07, 6.45) is 2.59. The number of hydrogen-bond acceptors (Lipinski definition) is 5. The minimum atomic E-state index is -1.25. The van der Waals surface area contributed by atoms with E-state index >= 15 is 0 Å². The molecule has 0 aliphatic rings. The normalized spacial score (nSPS) is 11.6. The third-order valence-electron chi connectivity index (χ3n) is 4.46. The fraction of sp³-hybridized carbons (Fsp3) is 0.364. The van der Waals surface area contributed by atoms with Gasteiger partial charge in [-0.1, -0.05) is 24.3 Å². The number of ether oxygens (including phenoxy) is 1. The summed E-state index contributed by atoms with van der Waals surface area (Å²) in [6, 6.07) is 15.4. The number of hydrogen-bond donors (Lipinski definition) is 2. The zero-order chi connectivity index (χ0) is 20.0. The molecule has 28 heavy (non-hydrogen) atoms. The van der Waals surface area contributed by atoms with Crippen LogP contribution in [0.25, 0.3) is 11.1 Å². The van der Waals surface area contributed by atoms with Crippen LogP contribution in [0.15, 0.2) is 52.9 Å². The summed E-state index contributed by atoms with van der Waals surface area (Å²) in [5, 5.41) is 12.6. The Hall–Kier alpha value is -2.86. The molecule has 2 aromatic carbocycles. The predicted molar refractivity (Wildman–Crippen MR) is 108 cm³/mol. The van der Waals surface area contributed by atoms with E-state index in [1.807, 2.05) is 42.5 Å². The second kappa shape index (κ2) is 8.89. The Balaban J connectivity index is 1.39. The van der Waals surface area contributed by atoms with E-state index in [-0.39, 0.29) is 0 Å². The van der Waals surface area contributed by atoms with Gasteiger partial charge in [-0.05, 0) is 69.6 Å². The number of nitrogens with one attached hydrogen (secondary N) is 1. The van der Waals surface area contributed by atoms with Gasteiger partial charge < -0.3 is 19.6 Å². The van der Waals surface area contributed by atoms with E-state index < -0.39 is 11.6 Å². The van der Waals surface area contributed by atoms with Crippen molar-refractivity contribution in [3.63, 3.8) is 0 Å². The van der Waals surface area contributed by atoms with Crippen LogP contribution in [0.4, 0.5) is 0 Å². The Kier molecular flexibility index (Phi) is 6.31. The van der Waals surface area contributed by atoms with Crippen molar-refractivity contribution in [2.24, 2.45) is 0 Å². The van der Waals surface area contributed by atoms with Crippen LogP contribution in [0.1, 0.15) is 31.7 Å². The van der Waals surface area contributed by atoms with Crippen LogP contribution in [0.2, 0.25) is 0 Å². The lowest BCUT2D eigenvalue weighted by Gasteiger charge is -2.21. The second-order valence-electron chi connectivity index (χ2n) is 7.24. The monoisotopic (exact) mass is 382 g/mol. The predicted octanol–water partition coefficient (Wildman–Crippen LogP) is 3.83. The lowest BCUT2D eigenvalue weighted by Crippen LogP contribution is -2.37. The molecular weight excluding hydrogens is 356 g/mol. The van der Waals surface area contributed by atoms with Crippen LogP contribution in [0.5, 0.6) is 5.75 Å².